The van der Waals surface area contributed by atoms with E-state index in [1.54, 1.807) is 0 Å². The quantitative estimate of drug-likeness (QED) is 0.429. The maximum Gasteiger partial charge on any atom is 0.322 e. The van der Waals surface area contributed by atoms with Gasteiger partial charge in [-0.3, -0.25) is 4.79 Å². The third-order valence-corrected chi connectivity index (χ3v) is 5.40. The molecule has 0 saturated carbocycles. The van der Waals surface area contributed by atoms with Crippen LogP contribution in [0.4, 0.5) is 28.0 Å². The number of urea groups is 1. The number of aromatic amines is 1. The number of anilines is 1. The number of pyridine rings is 1. The minimum atomic E-state index is -1.63. The number of H-pyrrole nitrogens is 1. The summed E-state index contributed by atoms with van der Waals surface area (Å²) in [6.45, 7) is 4.16. The number of aromatic nitrogens is 1. The van der Waals surface area contributed by atoms with E-state index in [0.29, 0.717) is 28.8 Å². The summed E-state index contributed by atoms with van der Waals surface area (Å²) < 4.78 is 60.0. The molecule has 2 N–H and O–H groups in total. The Hall–Kier alpha value is -3.40. The topological polar surface area (TPSA) is 74.4 Å². The Kier molecular flexibility index (Phi) is 6.11. The zero-order chi connectivity index (χ0) is 23.9. The number of nitrogens with zero attached hydrogens (tertiary/aromatic N) is 1. The fraction of sp³-hybridized carbons (Fsp3) is 0.304. The number of halogens is 4. The van der Waals surface area contributed by atoms with Gasteiger partial charge in [-0.2, -0.15) is 0 Å². The van der Waals surface area contributed by atoms with Crippen molar-refractivity contribution in [3.63, 3.8) is 0 Å². The average molecular weight is 463 g/mol. The summed E-state index contributed by atoms with van der Waals surface area (Å²) in [5.41, 5.74) is 0.319. The van der Waals surface area contributed by atoms with E-state index in [4.69, 9.17) is 4.74 Å². The lowest BCUT2D eigenvalue weighted by molar-refractivity contribution is 0.0425. The molecule has 0 aliphatic carbocycles. The first-order chi connectivity index (χ1) is 15.7. The Morgan fingerprint density at radius 3 is 2.52 bits per heavy atom. The van der Waals surface area contributed by atoms with Crippen molar-refractivity contribution in [2.45, 2.75) is 26.5 Å². The molecule has 1 aliphatic rings. The van der Waals surface area contributed by atoms with Gasteiger partial charge in [0.25, 0.3) is 5.56 Å². The second-order valence-corrected chi connectivity index (χ2v) is 8.30. The third kappa shape index (κ3) is 4.43. The van der Waals surface area contributed by atoms with Crippen molar-refractivity contribution in [1.29, 1.82) is 0 Å². The summed E-state index contributed by atoms with van der Waals surface area (Å²) in [5, 5.41) is 3.01. The highest BCUT2D eigenvalue weighted by Gasteiger charge is 2.33. The molecule has 33 heavy (non-hydrogen) atoms. The Bertz CT molecular complexity index is 1270. The first kappa shape index (κ1) is 22.8. The average Bonchev–Trinajstić information content (AvgIpc) is 2.75. The van der Waals surface area contributed by atoms with Crippen LogP contribution in [-0.4, -0.2) is 29.1 Å². The van der Waals surface area contributed by atoms with Gasteiger partial charge >= 0.3 is 6.03 Å². The molecule has 6 nitrogen and oxygen atoms in total. The number of fused-ring (bicyclic) bond motifs is 3. The lowest BCUT2D eigenvalue weighted by Gasteiger charge is -2.37. The van der Waals surface area contributed by atoms with Crippen LogP contribution < -0.4 is 10.9 Å². The van der Waals surface area contributed by atoms with E-state index in [1.807, 2.05) is 13.8 Å². The molecule has 0 bridgehead atoms. The fourth-order valence-electron chi connectivity index (χ4n) is 4.04. The second kappa shape index (κ2) is 8.86. The normalized spacial score (nSPS) is 15.5. The van der Waals surface area contributed by atoms with Gasteiger partial charge in [0, 0.05) is 35.6 Å². The maximum atomic E-state index is 13.8. The number of carbonyl (C=O) groups excluding carboxylic acids is 1. The first-order valence-electron chi connectivity index (χ1n) is 10.3. The molecule has 0 saturated heterocycles. The number of carbonyl (C=O) groups is 1. The van der Waals surface area contributed by atoms with Crippen LogP contribution >= 0.6 is 0 Å². The molecule has 174 valence electrons. The standard InChI is InChI=1S/C23H21F4N3O3/c1-11(2)8-30(23(32)28-13-6-16(25)21(27)17(26)7-13)19-10-33-9-18-20(19)14-4-3-12(24)5-15(14)22(31)29-18/h3-7,11,19H,8-10H2,1-2H3,(H,28,32)(H,29,31). The van der Waals surface area contributed by atoms with Crippen LogP contribution in [0.3, 0.4) is 0 Å². The van der Waals surface area contributed by atoms with E-state index in [1.165, 1.54) is 17.0 Å². The van der Waals surface area contributed by atoms with Crippen LogP contribution in [-0.2, 0) is 11.3 Å². The van der Waals surface area contributed by atoms with Crippen LogP contribution in [0.2, 0.25) is 0 Å². The minimum Gasteiger partial charge on any atom is -0.373 e. The SMILES string of the molecule is CC(C)CN(C(=O)Nc1cc(F)c(F)c(F)c1)C1COCc2[nH]c(=O)c3cc(F)ccc3c21. The Balaban J connectivity index is 1.78. The van der Waals surface area contributed by atoms with E-state index in [0.717, 1.165) is 6.07 Å². The maximum absolute atomic E-state index is 13.8. The van der Waals surface area contributed by atoms with Crippen molar-refractivity contribution in [2.75, 3.05) is 18.5 Å². The Labute approximate surface area is 186 Å². The second-order valence-electron chi connectivity index (χ2n) is 8.30. The number of rotatable bonds is 4. The third-order valence-electron chi connectivity index (χ3n) is 5.40. The molecule has 2 amide bonds. The summed E-state index contributed by atoms with van der Waals surface area (Å²) in [6, 6.07) is 3.82. The lowest BCUT2D eigenvalue weighted by Crippen LogP contribution is -2.44. The summed E-state index contributed by atoms with van der Waals surface area (Å²) >= 11 is 0. The van der Waals surface area contributed by atoms with Crippen molar-refractivity contribution in [3.05, 3.63) is 75.2 Å². The molecular formula is C23H21F4N3O3. The fourth-order valence-corrected chi connectivity index (χ4v) is 4.04. The summed E-state index contributed by atoms with van der Waals surface area (Å²) in [6.07, 6.45) is 0. The highest BCUT2D eigenvalue weighted by molar-refractivity contribution is 5.91. The Morgan fingerprint density at radius 2 is 1.85 bits per heavy atom. The largest absolute Gasteiger partial charge is 0.373 e. The molecule has 2 heterocycles. The van der Waals surface area contributed by atoms with Crippen LogP contribution in [0.25, 0.3) is 10.8 Å². The van der Waals surface area contributed by atoms with Gasteiger partial charge in [0.05, 0.1) is 24.6 Å². The van der Waals surface area contributed by atoms with Gasteiger partial charge in [-0.25, -0.2) is 22.4 Å². The van der Waals surface area contributed by atoms with E-state index in [2.05, 4.69) is 10.3 Å². The molecule has 3 aromatic rings. The van der Waals surface area contributed by atoms with Gasteiger partial charge in [0.1, 0.15) is 5.82 Å². The monoisotopic (exact) mass is 463 g/mol. The smallest absolute Gasteiger partial charge is 0.322 e. The molecule has 1 aliphatic heterocycles. The lowest BCUT2D eigenvalue weighted by atomic mass is 9.95. The zero-order valence-corrected chi connectivity index (χ0v) is 17.8. The van der Waals surface area contributed by atoms with Crippen molar-refractivity contribution < 1.29 is 27.1 Å². The highest BCUT2D eigenvalue weighted by atomic mass is 19.2. The molecule has 1 aromatic heterocycles. The number of hydrogen-bond acceptors (Lipinski definition) is 3. The number of amides is 2. The molecule has 4 rings (SSSR count). The molecule has 1 unspecified atom stereocenters. The van der Waals surface area contributed by atoms with E-state index < -0.39 is 40.9 Å². The Morgan fingerprint density at radius 1 is 1.15 bits per heavy atom. The van der Waals surface area contributed by atoms with Gasteiger partial charge in [0.15, 0.2) is 17.5 Å². The van der Waals surface area contributed by atoms with E-state index in [-0.39, 0.29) is 36.8 Å². The van der Waals surface area contributed by atoms with Crippen LogP contribution in [0.5, 0.6) is 0 Å². The summed E-state index contributed by atoms with van der Waals surface area (Å²) in [7, 11) is 0. The number of nitrogens with one attached hydrogen (secondary N) is 2. The predicted molar refractivity (Wildman–Crippen MR) is 114 cm³/mol. The van der Waals surface area contributed by atoms with Crippen molar-refractivity contribution in [3.8, 4) is 0 Å². The van der Waals surface area contributed by atoms with Gasteiger partial charge < -0.3 is 19.9 Å². The molecular weight excluding hydrogens is 442 g/mol. The van der Waals surface area contributed by atoms with Crippen LogP contribution in [0.1, 0.15) is 31.1 Å². The van der Waals surface area contributed by atoms with Crippen molar-refractivity contribution >= 4 is 22.5 Å². The highest BCUT2D eigenvalue weighted by Crippen LogP contribution is 2.34. The molecule has 0 fully saturated rings. The van der Waals surface area contributed by atoms with Gasteiger partial charge in [-0.15, -0.1) is 0 Å². The number of hydrogen-bond donors (Lipinski definition) is 2. The van der Waals surface area contributed by atoms with Crippen molar-refractivity contribution in [1.82, 2.24) is 9.88 Å². The molecule has 0 radical (unpaired) electrons. The van der Waals surface area contributed by atoms with E-state index >= 15 is 0 Å². The minimum absolute atomic E-state index is 0.00529. The van der Waals surface area contributed by atoms with E-state index in [9.17, 15) is 27.2 Å². The van der Waals surface area contributed by atoms with Crippen LogP contribution in [0, 0.1) is 29.2 Å². The molecule has 1 atom stereocenters. The van der Waals surface area contributed by atoms with Crippen molar-refractivity contribution in [2.24, 2.45) is 5.92 Å². The van der Waals surface area contributed by atoms with Gasteiger partial charge in [-0.05, 0) is 23.4 Å². The molecule has 2 aromatic carbocycles. The predicted octanol–water partition coefficient (Wildman–Crippen LogP) is 4.85. The van der Waals surface area contributed by atoms with Gasteiger partial charge in [0.2, 0.25) is 0 Å². The number of benzene rings is 2. The summed E-state index contributed by atoms with van der Waals surface area (Å²) in [5.74, 6) is -5.08. The molecule has 10 heteroatoms. The zero-order valence-electron chi connectivity index (χ0n) is 17.8. The molecule has 0 spiro atoms. The summed E-state index contributed by atoms with van der Waals surface area (Å²) in [4.78, 5) is 29.8. The first-order valence-corrected chi connectivity index (χ1v) is 10.3. The number of ether oxygens (including phenoxy) is 1. The van der Waals surface area contributed by atoms with Crippen LogP contribution in [0.15, 0.2) is 35.1 Å². The van der Waals surface area contributed by atoms with Gasteiger partial charge in [-0.1, -0.05) is 19.9 Å².